The Kier molecular flexibility index (Phi) is 6.80. The molecule has 176 valence electrons. The van der Waals surface area contributed by atoms with Crippen molar-refractivity contribution in [3.63, 3.8) is 0 Å². The third kappa shape index (κ3) is 4.67. The van der Waals surface area contributed by atoms with Crippen molar-refractivity contribution in [1.82, 2.24) is 9.65 Å². The number of fused-ring (bicyclic) bond motifs is 1. The standard InChI is InChI=1S/C30H28BrN2OP/c1-22(23-12-6-3-7-13-23)30(28-21-33(2)29-19-18-24(31)20-27(28)29)32-35(34,25-14-8-4-9-15-25)26-16-10-5-11-17-26/h3-22,30H,1-2H3,(H,32,34). The highest BCUT2D eigenvalue weighted by molar-refractivity contribution is 9.10. The maximum atomic E-state index is 15.0. The molecular weight excluding hydrogens is 515 g/mol. The van der Waals surface area contributed by atoms with Crippen molar-refractivity contribution in [2.24, 2.45) is 7.05 Å². The van der Waals surface area contributed by atoms with Crippen LogP contribution in [-0.4, -0.2) is 4.57 Å². The summed E-state index contributed by atoms with van der Waals surface area (Å²) < 4.78 is 18.2. The molecule has 5 heteroatoms. The molecule has 1 aromatic heterocycles. The van der Waals surface area contributed by atoms with Crippen molar-refractivity contribution in [2.45, 2.75) is 18.9 Å². The highest BCUT2D eigenvalue weighted by Gasteiger charge is 2.34. The van der Waals surface area contributed by atoms with Gasteiger partial charge in [-0.2, -0.15) is 0 Å². The van der Waals surface area contributed by atoms with Crippen LogP contribution in [0, 0.1) is 0 Å². The van der Waals surface area contributed by atoms with E-state index in [1.165, 1.54) is 5.56 Å². The lowest BCUT2D eigenvalue weighted by molar-refractivity contribution is 0.525. The van der Waals surface area contributed by atoms with Crippen molar-refractivity contribution in [3.05, 3.63) is 131 Å². The highest BCUT2D eigenvalue weighted by Crippen LogP contribution is 2.46. The summed E-state index contributed by atoms with van der Waals surface area (Å²) >= 11 is 3.66. The Morgan fingerprint density at radius 2 is 1.34 bits per heavy atom. The maximum Gasteiger partial charge on any atom is 0.205 e. The van der Waals surface area contributed by atoms with Crippen molar-refractivity contribution < 1.29 is 4.57 Å². The Morgan fingerprint density at radius 3 is 1.91 bits per heavy atom. The summed E-state index contributed by atoms with van der Waals surface area (Å²) in [4.78, 5) is 0. The predicted octanol–water partition coefficient (Wildman–Crippen LogP) is 7.30. The van der Waals surface area contributed by atoms with Gasteiger partial charge in [0.15, 0.2) is 0 Å². The van der Waals surface area contributed by atoms with E-state index in [-0.39, 0.29) is 12.0 Å². The first kappa shape index (κ1) is 23.8. The molecule has 0 aliphatic carbocycles. The molecule has 3 nitrogen and oxygen atoms in total. The molecule has 2 atom stereocenters. The molecule has 1 N–H and O–H groups in total. The zero-order valence-corrected chi connectivity index (χ0v) is 22.3. The van der Waals surface area contributed by atoms with Crippen molar-refractivity contribution in [3.8, 4) is 0 Å². The molecule has 1 heterocycles. The van der Waals surface area contributed by atoms with E-state index in [1.54, 1.807) is 0 Å². The zero-order chi connectivity index (χ0) is 24.4. The number of nitrogens with zero attached hydrogens (tertiary/aromatic N) is 1. The van der Waals surface area contributed by atoms with Crippen LogP contribution in [-0.2, 0) is 11.6 Å². The molecule has 0 radical (unpaired) electrons. The van der Waals surface area contributed by atoms with Gasteiger partial charge >= 0.3 is 0 Å². The summed E-state index contributed by atoms with van der Waals surface area (Å²) in [5.74, 6) is 0.0709. The van der Waals surface area contributed by atoms with Gasteiger partial charge in [-0.3, -0.25) is 9.65 Å². The van der Waals surface area contributed by atoms with E-state index in [4.69, 9.17) is 0 Å². The largest absolute Gasteiger partial charge is 0.350 e. The Hall–Kier alpha value is -2.91. The van der Waals surface area contributed by atoms with Crippen LogP contribution in [0.1, 0.15) is 30.0 Å². The number of hydrogen-bond donors (Lipinski definition) is 1. The number of halogens is 1. The van der Waals surface area contributed by atoms with E-state index in [0.717, 1.165) is 31.5 Å². The van der Waals surface area contributed by atoms with E-state index >= 15 is 4.57 Å². The highest BCUT2D eigenvalue weighted by atomic mass is 79.9. The third-order valence-electron chi connectivity index (χ3n) is 6.70. The first-order valence-electron chi connectivity index (χ1n) is 11.8. The first-order valence-corrected chi connectivity index (χ1v) is 14.3. The summed E-state index contributed by atoms with van der Waals surface area (Å²) in [6.07, 6.45) is 2.18. The number of aryl methyl sites for hydroxylation is 1. The molecule has 5 rings (SSSR count). The molecule has 35 heavy (non-hydrogen) atoms. The summed E-state index contributed by atoms with van der Waals surface area (Å²) in [6, 6.07) is 36.2. The monoisotopic (exact) mass is 542 g/mol. The van der Waals surface area contributed by atoms with Crippen LogP contribution in [0.5, 0.6) is 0 Å². The number of aromatic nitrogens is 1. The Morgan fingerprint density at radius 1 is 0.800 bits per heavy atom. The fourth-order valence-corrected chi connectivity index (χ4v) is 7.71. The first-order chi connectivity index (χ1) is 17.0. The molecule has 2 unspecified atom stereocenters. The molecule has 5 aromatic rings. The van der Waals surface area contributed by atoms with Crippen LogP contribution in [0.25, 0.3) is 10.9 Å². The summed E-state index contributed by atoms with van der Waals surface area (Å²) in [6.45, 7) is 2.21. The van der Waals surface area contributed by atoms with E-state index in [1.807, 2.05) is 66.7 Å². The van der Waals surface area contributed by atoms with Crippen LogP contribution < -0.4 is 15.7 Å². The molecule has 4 aromatic carbocycles. The number of nitrogens with one attached hydrogen (secondary N) is 1. The fraction of sp³-hybridized carbons (Fsp3) is 0.133. The summed E-state index contributed by atoms with van der Waals surface area (Å²) in [7, 11) is -1.10. The minimum atomic E-state index is -3.17. The maximum absolute atomic E-state index is 15.0. The predicted molar refractivity (Wildman–Crippen MR) is 151 cm³/mol. The molecule has 0 spiro atoms. The number of benzene rings is 4. The van der Waals surface area contributed by atoms with Gasteiger partial charge in [-0.1, -0.05) is 89.6 Å². The van der Waals surface area contributed by atoms with Gasteiger partial charge in [0.25, 0.3) is 0 Å². The van der Waals surface area contributed by atoms with E-state index in [9.17, 15) is 0 Å². The zero-order valence-electron chi connectivity index (χ0n) is 19.8. The van der Waals surface area contributed by atoms with Crippen LogP contribution in [0.15, 0.2) is 120 Å². The second-order valence-electron chi connectivity index (χ2n) is 8.94. The lowest BCUT2D eigenvalue weighted by Gasteiger charge is -2.31. The quantitative estimate of drug-likeness (QED) is 0.219. The van der Waals surface area contributed by atoms with Crippen LogP contribution in [0.3, 0.4) is 0 Å². The molecular formula is C30H28BrN2OP. The number of rotatable bonds is 7. The molecule has 0 aliphatic heterocycles. The molecule has 0 fully saturated rings. The molecule has 0 saturated carbocycles. The average Bonchev–Trinajstić information content (AvgIpc) is 3.23. The van der Waals surface area contributed by atoms with Crippen LogP contribution in [0.2, 0.25) is 0 Å². The van der Waals surface area contributed by atoms with E-state index < -0.39 is 7.29 Å². The van der Waals surface area contributed by atoms with Crippen LogP contribution in [0.4, 0.5) is 0 Å². The van der Waals surface area contributed by atoms with Gasteiger partial charge in [0.05, 0.1) is 0 Å². The van der Waals surface area contributed by atoms with Gasteiger partial charge in [-0.15, -0.1) is 0 Å². The second kappa shape index (κ2) is 9.99. The summed E-state index contributed by atoms with van der Waals surface area (Å²) in [5.41, 5.74) is 3.47. The summed E-state index contributed by atoms with van der Waals surface area (Å²) in [5, 5.41) is 6.48. The van der Waals surface area contributed by atoms with Crippen molar-refractivity contribution in [2.75, 3.05) is 0 Å². The molecule has 0 bridgehead atoms. The SMILES string of the molecule is CC(c1ccccc1)C(NP(=O)(c1ccccc1)c1ccccc1)c1cn(C)c2ccc(Br)cc12. The van der Waals surface area contributed by atoms with E-state index in [2.05, 4.69) is 88.2 Å². The Balaban J connectivity index is 1.72. The van der Waals surface area contributed by atoms with E-state index in [0.29, 0.717) is 0 Å². The van der Waals surface area contributed by atoms with Gasteiger partial charge in [-0.05, 0) is 53.6 Å². The smallest absolute Gasteiger partial charge is 0.205 e. The topological polar surface area (TPSA) is 34.0 Å². The third-order valence-corrected chi connectivity index (χ3v) is 9.89. The van der Waals surface area contributed by atoms with Gasteiger partial charge < -0.3 is 4.57 Å². The van der Waals surface area contributed by atoms with Crippen molar-refractivity contribution in [1.29, 1.82) is 0 Å². The molecule has 0 aliphatic rings. The Bertz CT molecular complexity index is 1440. The minimum Gasteiger partial charge on any atom is -0.350 e. The molecule has 0 amide bonds. The normalized spacial score (nSPS) is 13.6. The fourth-order valence-electron chi connectivity index (χ4n) is 4.81. The van der Waals surface area contributed by atoms with Gasteiger partial charge in [0, 0.05) is 51.2 Å². The van der Waals surface area contributed by atoms with Gasteiger partial charge in [0.2, 0.25) is 7.29 Å². The Labute approximate surface area is 215 Å². The second-order valence-corrected chi connectivity index (χ2v) is 12.4. The van der Waals surface area contributed by atoms with Gasteiger partial charge in [-0.25, -0.2) is 0 Å². The molecule has 0 saturated heterocycles. The number of hydrogen-bond acceptors (Lipinski definition) is 1. The minimum absolute atomic E-state index is 0.0709. The van der Waals surface area contributed by atoms with Gasteiger partial charge in [0.1, 0.15) is 0 Å². The lowest BCUT2D eigenvalue weighted by atomic mass is 9.89. The lowest BCUT2D eigenvalue weighted by Crippen LogP contribution is -2.33. The van der Waals surface area contributed by atoms with Crippen LogP contribution >= 0.6 is 23.2 Å². The average molecular weight is 543 g/mol. The van der Waals surface area contributed by atoms with Crippen molar-refractivity contribution >= 4 is 44.7 Å².